The molecule has 4 rings (SSSR count). The average Bonchev–Trinajstić information content (AvgIpc) is 3.50. The van der Waals surface area contributed by atoms with Gasteiger partial charge in [-0.2, -0.15) is 18.2 Å². The van der Waals surface area contributed by atoms with Crippen LogP contribution in [0.1, 0.15) is 17.9 Å². The second-order valence-electron chi connectivity index (χ2n) is 7.68. The Balaban J connectivity index is 1.32. The Labute approximate surface area is 193 Å². The molecule has 0 N–H and O–H groups in total. The summed E-state index contributed by atoms with van der Waals surface area (Å²) in [5.41, 5.74) is 1.18. The summed E-state index contributed by atoms with van der Waals surface area (Å²) in [4.78, 5) is 17.8. The van der Waals surface area contributed by atoms with Gasteiger partial charge in [-0.3, -0.25) is 4.79 Å². The van der Waals surface area contributed by atoms with Gasteiger partial charge >= 0.3 is 12.1 Å². The minimum absolute atomic E-state index is 0.0220. The number of hydrogen-bond acceptors (Lipinski definition) is 7. The number of amides is 1. The zero-order valence-electron chi connectivity index (χ0n) is 18.5. The second kappa shape index (κ2) is 9.62. The predicted molar refractivity (Wildman–Crippen MR) is 114 cm³/mol. The van der Waals surface area contributed by atoms with Crippen LogP contribution in [0.5, 0.6) is 17.2 Å². The molecule has 0 spiro atoms. The minimum atomic E-state index is -4.69. The summed E-state index contributed by atoms with van der Waals surface area (Å²) in [6.07, 6.45) is -3.99. The third-order valence-electron chi connectivity index (χ3n) is 5.38. The molecule has 0 bridgehead atoms. The van der Waals surface area contributed by atoms with Gasteiger partial charge in [0.25, 0.3) is 0 Å². The minimum Gasteiger partial charge on any atom is -0.493 e. The van der Waals surface area contributed by atoms with E-state index in [0.717, 1.165) is 5.56 Å². The summed E-state index contributed by atoms with van der Waals surface area (Å²) in [5, 5.41) is 3.36. The molecule has 1 atom stereocenters. The van der Waals surface area contributed by atoms with Crippen molar-refractivity contribution in [1.29, 1.82) is 0 Å². The van der Waals surface area contributed by atoms with Crippen molar-refractivity contribution >= 4 is 5.91 Å². The molecule has 1 fully saturated rings. The Kier molecular flexibility index (Phi) is 6.62. The lowest BCUT2D eigenvalue weighted by molar-refractivity contribution is -0.159. The van der Waals surface area contributed by atoms with Gasteiger partial charge in [-0.25, -0.2) is 0 Å². The number of likely N-dealkylation sites (tertiary alicyclic amines) is 1. The SMILES string of the molecule is COc1ccc(CC(=O)N2CC[C@@H](Oc3ccc(-c4noc(C(F)(F)F)n4)cc3)C2)cc1OC. The van der Waals surface area contributed by atoms with E-state index in [1.165, 1.54) is 0 Å². The van der Waals surface area contributed by atoms with Crippen LogP contribution in [0.15, 0.2) is 47.0 Å². The first-order valence-electron chi connectivity index (χ1n) is 10.4. The maximum atomic E-state index is 12.7. The molecule has 1 amide bonds. The zero-order chi connectivity index (χ0) is 24.3. The maximum absolute atomic E-state index is 12.7. The highest BCUT2D eigenvalue weighted by Crippen LogP contribution is 2.30. The van der Waals surface area contributed by atoms with Gasteiger partial charge in [0.2, 0.25) is 11.7 Å². The van der Waals surface area contributed by atoms with Crippen LogP contribution in [-0.4, -0.2) is 54.4 Å². The predicted octanol–water partition coefficient (Wildman–Crippen LogP) is 4.00. The van der Waals surface area contributed by atoms with Crippen molar-refractivity contribution in [3.63, 3.8) is 0 Å². The molecule has 1 aliphatic heterocycles. The monoisotopic (exact) mass is 477 g/mol. The number of carbonyl (C=O) groups is 1. The van der Waals surface area contributed by atoms with E-state index in [2.05, 4.69) is 14.7 Å². The Morgan fingerprint density at radius 3 is 2.50 bits per heavy atom. The van der Waals surface area contributed by atoms with Crippen molar-refractivity contribution in [2.45, 2.75) is 25.1 Å². The Morgan fingerprint density at radius 1 is 1.12 bits per heavy atom. The molecule has 1 aromatic heterocycles. The molecule has 2 heterocycles. The molecule has 34 heavy (non-hydrogen) atoms. The standard InChI is InChI=1S/C23H22F3N3O5/c1-31-18-8-3-14(11-19(18)32-2)12-20(30)29-10-9-17(13-29)33-16-6-4-15(5-7-16)21-27-22(34-28-21)23(24,25)26/h3-8,11,17H,9-10,12-13H2,1-2H3/t17-/m1/s1. The number of nitrogens with zero attached hydrogens (tertiary/aromatic N) is 3. The van der Waals surface area contributed by atoms with Gasteiger partial charge in [0.05, 0.1) is 27.2 Å². The van der Waals surface area contributed by atoms with Crippen LogP contribution in [0.2, 0.25) is 0 Å². The zero-order valence-corrected chi connectivity index (χ0v) is 18.5. The van der Waals surface area contributed by atoms with Crippen molar-refractivity contribution < 1.29 is 36.7 Å². The van der Waals surface area contributed by atoms with Crippen LogP contribution in [0.4, 0.5) is 13.2 Å². The number of methoxy groups -OCH3 is 2. The molecule has 0 aliphatic carbocycles. The number of ether oxygens (including phenoxy) is 3. The van der Waals surface area contributed by atoms with Crippen molar-refractivity contribution in [3.05, 3.63) is 53.9 Å². The van der Waals surface area contributed by atoms with Gasteiger partial charge in [0.1, 0.15) is 11.9 Å². The fourth-order valence-corrected chi connectivity index (χ4v) is 3.66. The van der Waals surface area contributed by atoms with E-state index >= 15 is 0 Å². The molecule has 8 nitrogen and oxygen atoms in total. The lowest BCUT2D eigenvalue weighted by Crippen LogP contribution is -2.32. The smallest absolute Gasteiger partial charge is 0.471 e. The van der Waals surface area contributed by atoms with Gasteiger partial charge in [-0.1, -0.05) is 11.2 Å². The van der Waals surface area contributed by atoms with Gasteiger partial charge in [0.15, 0.2) is 11.5 Å². The van der Waals surface area contributed by atoms with E-state index in [0.29, 0.717) is 42.3 Å². The molecule has 1 aliphatic rings. The van der Waals surface area contributed by atoms with E-state index in [9.17, 15) is 18.0 Å². The van der Waals surface area contributed by atoms with Crippen LogP contribution in [0, 0.1) is 0 Å². The summed E-state index contributed by atoms with van der Waals surface area (Å²) < 4.78 is 58.6. The Bertz CT molecular complexity index is 1150. The van der Waals surface area contributed by atoms with Crippen LogP contribution >= 0.6 is 0 Å². The lowest BCUT2D eigenvalue weighted by Gasteiger charge is -2.18. The Hall–Kier alpha value is -3.76. The fraction of sp³-hybridized carbons (Fsp3) is 0.348. The molecule has 3 aromatic rings. The Morgan fingerprint density at radius 2 is 1.85 bits per heavy atom. The number of aromatic nitrogens is 2. The van der Waals surface area contributed by atoms with E-state index < -0.39 is 12.1 Å². The van der Waals surface area contributed by atoms with Crippen LogP contribution in [0.25, 0.3) is 11.4 Å². The quantitative estimate of drug-likeness (QED) is 0.509. The number of rotatable bonds is 7. The van der Waals surface area contributed by atoms with Crippen molar-refractivity contribution in [1.82, 2.24) is 15.0 Å². The first kappa shape index (κ1) is 23.4. The third kappa shape index (κ3) is 5.24. The summed E-state index contributed by atoms with van der Waals surface area (Å²) >= 11 is 0. The molecule has 11 heteroatoms. The van der Waals surface area contributed by atoms with Crippen LogP contribution in [-0.2, 0) is 17.4 Å². The number of carbonyl (C=O) groups excluding carboxylic acids is 1. The topological polar surface area (TPSA) is 86.9 Å². The summed E-state index contributed by atoms with van der Waals surface area (Å²) in [5.74, 6) is 0.112. The average molecular weight is 477 g/mol. The lowest BCUT2D eigenvalue weighted by atomic mass is 10.1. The van der Waals surface area contributed by atoms with E-state index in [4.69, 9.17) is 14.2 Å². The molecule has 180 valence electrons. The van der Waals surface area contributed by atoms with Crippen molar-refractivity contribution in [3.8, 4) is 28.6 Å². The largest absolute Gasteiger partial charge is 0.493 e. The first-order valence-corrected chi connectivity index (χ1v) is 10.4. The molecule has 0 saturated carbocycles. The second-order valence-corrected chi connectivity index (χ2v) is 7.68. The maximum Gasteiger partial charge on any atom is 0.471 e. The van der Waals surface area contributed by atoms with Gasteiger partial charge in [-0.05, 0) is 42.0 Å². The van der Waals surface area contributed by atoms with Gasteiger partial charge in [0, 0.05) is 18.5 Å². The summed E-state index contributed by atoms with van der Waals surface area (Å²) in [7, 11) is 3.09. The van der Waals surface area contributed by atoms with E-state index in [-0.39, 0.29) is 24.3 Å². The number of alkyl halides is 3. The molecule has 0 unspecified atom stereocenters. The molecular formula is C23H22F3N3O5. The van der Waals surface area contributed by atoms with Crippen LogP contribution in [0.3, 0.4) is 0 Å². The normalized spacial score (nSPS) is 15.9. The molecular weight excluding hydrogens is 455 g/mol. The third-order valence-corrected chi connectivity index (χ3v) is 5.38. The number of halogens is 3. The highest BCUT2D eigenvalue weighted by molar-refractivity contribution is 5.79. The fourth-order valence-electron chi connectivity index (χ4n) is 3.66. The highest BCUT2D eigenvalue weighted by Gasteiger charge is 2.38. The summed E-state index contributed by atoms with van der Waals surface area (Å²) in [6, 6.07) is 11.7. The first-order chi connectivity index (χ1) is 16.3. The van der Waals surface area contributed by atoms with E-state index in [1.807, 2.05) is 6.07 Å². The summed E-state index contributed by atoms with van der Waals surface area (Å²) in [6.45, 7) is 1.01. The highest BCUT2D eigenvalue weighted by atomic mass is 19.4. The van der Waals surface area contributed by atoms with Gasteiger partial charge < -0.3 is 23.6 Å². The number of benzene rings is 2. The molecule has 0 radical (unpaired) electrons. The number of hydrogen-bond donors (Lipinski definition) is 0. The van der Waals surface area contributed by atoms with Crippen LogP contribution < -0.4 is 14.2 Å². The molecule has 1 saturated heterocycles. The van der Waals surface area contributed by atoms with Crippen molar-refractivity contribution in [2.24, 2.45) is 0 Å². The van der Waals surface area contributed by atoms with Gasteiger partial charge in [-0.15, -0.1) is 0 Å². The molecule has 2 aromatic carbocycles. The van der Waals surface area contributed by atoms with Crippen molar-refractivity contribution in [2.75, 3.05) is 27.3 Å². The van der Waals surface area contributed by atoms with E-state index in [1.54, 1.807) is 55.5 Å².